The lowest BCUT2D eigenvalue weighted by Gasteiger charge is -2.22. The van der Waals surface area contributed by atoms with E-state index in [1.165, 1.54) is 5.56 Å². The molecule has 21 heavy (non-hydrogen) atoms. The molecule has 2 N–H and O–H groups in total. The number of anilines is 1. The maximum Gasteiger partial charge on any atom is 0.235 e. The quantitative estimate of drug-likeness (QED) is 0.761. The third kappa shape index (κ3) is 5.00. The minimum Gasteiger partial charge on any atom is -0.320 e. The molecule has 2 rings (SSSR count). The van der Waals surface area contributed by atoms with Gasteiger partial charge in [-0.1, -0.05) is 31.4 Å². The second-order valence-electron chi connectivity index (χ2n) is 5.81. The number of benzene rings is 1. The third-order valence-corrected chi connectivity index (χ3v) is 5.94. The van der Waals surface area contributed by atoms with Crippen LogP contribution in [-0.4, -0.2) is 27.3 Å². The number of hydrogen-bond donors (Lipinski definition) is 2. The SMILES string of the molecule is CNCCCc1cccc(NS(=O)(=O)C2CCCCC2)c1. The van der Waals surface area contributed by atoms with Crippen LogP contribution < -0.4 is 10.0 Å². The van der Waals surface area contributed by atoms with E-state index in [0.717, 1.165) is 51.5 Å². The highest BCUT2D eigenvalue weighted by Crippen LogP contribution is 2.25. The van der Waals surface area contributed by atoms with Crippen LogP contribution in [0.15, 0.2) is 24.3 Å². The van der Waals surface area contributed by atoms with Crippen LogP contribution in [-0.2, 0) is 16.4 Å². The molecular weight excluding hydrogens is 284 g/mol. The molecule has 0 aromatic heterocycles. The molecule has 1 saturated carbocycles. The van der Waals surface area contributed by atoms with Gasteiger partial charge in [0, 0.05) is 5.69 Å². The Morgan fingerprint density at radius 2 is 1.95 bits per heavy atom. The average molecular weight is 310 g/mol. The molecular formula is C16H26N2O2S. The van der Waals surface area contributed by atoms with E-state index in [1.807, 2.05) is 31.3 Å². The monoisotopic (exact) mass is 310 g/mol. The summed E-state index contributed by atoms with van der Waals surface area (Å²) in [5, 5.41) is 2.90. The van der Waals surface area contributed by atoms with E-state index >= 15 is 0 Å². The fraction of sp³-hybridized carbons (Fsp3) is 0.625. The molecule has 118 valence electrons. The van der Waals surface area contributed by atoms with Gasteiger partial charge in [0.25, 0.3) is 0 Å². The van der Waals surface area contributed by atoms with Crippen molar-refractivity contribution in [2.45, 2.75) is 50.2 Å². The van der Waals surface area contributed by atoms with Gasteiger partial charge in [0.05, 0.1) is 5.25 Å². The van der Waals surface area contributed by atoms with Gasteiger partial charge in [0.2, 0.25) is 10.0 Å². The van der Waals surface area contributed by atoms with Crippen molar-refractivity contribution < 1.29 is 8.42 Å². The van der Waals surface area contributed by atoms with Crippen molar-refractivity contribution in [3.8, 4) is 0 Å². The van der Waals surface area contributed by atoms with Crippen LogP contribution in [0.3, 0.4) is 0 Å². The van der Waals surface area contributed by atoms with Crippen molar-refractivity contribution in [2.24, 2.45) is 0 Å². The molecule has 0 heterocycles. The molecule has 0 bridgehead atoms. The van der Waals surface area contributed by atoms with Crippen molar-refractivity contribution in [1.29, 1.82) is 0 Å². The number of hydrogen-bond acceptors (Lipinski definition) is 3. The van der Waals surface area contributed by atoms with Crippen molar-refractivity contribution in [1.82, 2.24) is 5.32 Å². The van der Waals surface area contributed by atoms with Crippen molar-refractivity contribution >= 4 is 15.7 Å². The number of nitrogens with one attached hydrogen (secondary N) is 2. The summed E-state index contributed by atoms with van der Waals surface area (Å²) in [6, 6.07) is 7.76. The Morgan fingerprint density at radius 3 is 2.67 bits per heavy atom. The molecule has 1 aromatic carbocycles. The van der Waals surface area contributed by atoms with Crippen molar-refractivity contribution in [3.05, 3.63) is 29.8 Å². The van der Waals surface area contributed by atoms with Crippen LogP contribution in [0.1, 0.15) is 44.1 Å². The van der Waals surface area contributed by atoms with E-state index in [4.69, 9.17) is 0 Å². The van der Waals surface area contributed by atoms with E-state index in [9.17, 15) is 8.42 Å². The van der Waals surface area contributed by atoms with Gasteiger partial charge >= 0.3 is 0 Å². The molecule has 1 fully saturated rings. The van der Waals surface area contributed by atoms with Gasteiger partial charge in [-0.15, -0.1) is 0 Å². The summed E-state index contributed by atoms with van der Waals surface area (Å²) in [7, 11) is -1.30. The predicted octanol–water partition coefficient (Wildman–Crippen LogP) is 2.91. The highest BCUT2D eigenvalue weighted by molar-refractivity contribution is 7.93. The first-order valence-electron chi connectivity index (χ1n) is 7.87. The standard InChI is InChI=1S/C16H26N2O2S/c1-17-12-6-8-14-7-5-9-15(13-14)18-21(19,20)16-10-3-2-4-11-16/h5,7,9,13,16-18H,2-4,6,8,10-12H2,1H3. The topological polar surface area (TPSA) is 58.2 Å². The van der Waals surface area contributed by atoms with E-state index in [1.54, 1.807) is 0 Å². The first-order valence-corrected chi connectivity index (χ1v) is 9.41. The van der Waals surface area contributed by atoms with Crippen LogP contribution in [0, 0.1) is 0 Å². The molecule has 0 radical (unpaired) electrons. The Kier molecular flexibility index (Phi) is 6.06. The molecule has 0 aliphatic heterocycles. The summed E-state index contributed by atoms with van der Waals surface area (Å²) in [4.78, 5) is 0. The highest BCUT2D eigenvalue weighted by Gasteiger charge is 2.27. The maximum atomic E-state index is 12.4. The second kappa shape index (κ2) is 7.80. The molecule has 1 aliphatic rings. The molecule has 0 amide bonds. The van der Waals surface area contributed by atoms with Gasteiger partial charge in [0.1, 0.15) is 0 Å². The summed E-state index contributed by atoms with van der Waals surface area (Å²) in [5.74, 6) is 0. The zero-order valence-corrected chi connectivity index (χ0v) is 13.6. The summed E-state index contributed by atoms with van der Waals surface area (Å²) in [5.41, 5.74) is 1.87. The Hall–Kier alpha value is -1.07. The van der Waals surface area contributed by atoms with E-state index < -0.39 is 10.0 Å². The molecule has 0 spiro atoms. The lowest BCUT2D eigenvalue weighted by Crippen LogP contribution is -2.29. The van der Waals surface area contributed by atoms with Crippen LogP contribution in [0.25, 0.3) is 0 Å². The molecule has 0 unspecified atom stereocenters. The summed E-state index contributed by atoms with van der Waals surface area (Å²) in [6.07, 6.45) is 6.79. The van der Waals surface area contributed by atoms with E-state index in [-0.39, 0.29) is 5.25 Å². The van der Waals surface area contributed by atoms with Crippen LogP contribution >= 0.6 is 0 Å². The third-order valence-electron chi connectivity index (χ3n) is 4.07. The maximum absolute atomic E-state index is 12.4. The number of aryl methyl sites for hydroxylation is 1. The van der Waals surface area contributed by atoms with Crippen molar-refractivity contribution in [2.75, 3.05) is 18.3 Å². The lowest BCUT2D eigenvalue weighted by atomic mass is 10.0. The Bertz CT molecular complexity index is 537. The van der Waals surface area contributed by atoms with Crippen LogP contribution in [0.4, 0.5) is 5.69 Å². The van der Waals surface area contributed by atoms with E-state index in [0.29, 0.717) is 5.69 Å². The Morgan fingerprint density at radius 1 is 1.19 bits per heavy atom. The zero-order chi connectivity index (χ0) is 15.1. The van der Waals surface area contributed by atoms with Gasteiger partial charge in [-0.25, -0.2) is 8.42 Å². The van der Waals surface area contributed by atoms with Crippen LogP contribution in [0.5, 0.6) is 0 Å². The summed E-state index contributed by atoms with van der Waals surface area (Å²) in [6.45, 7) is 0.970. The fourth-order valence-electron chi connectivity index (χ4n) is 2.88. The Labute approximate surface area is 128 Å². The molecule has 0 atom stereocenters. The molecule has 0 saturated heterocycles. The fourth-order valence-corrected chi connectivity index (χ4v) is 4.46. The van der Waals surface area contributed by atoms with Gasteiger partial charge in [0.15, 0.2) is 0 Å². The minimum absolute atomic E-state index is 0.223. The van der Waals surface area contributed by atoms with Gasteiger partial charge < -0.3 is 5.32 Å². The zero-order valence-electron chi connectivity index (χ0n) is 12.8. The Balaban J connectivity index is 1.99. The molecule has 1 aromatic rings. The smallest absolute Gasteiger partial charge is 0.235 e. The lowest BCUT2D eigenvalue weighted by molar-refractivity contribution is 0.486. The molecule has 1 aliphatic carbocycles. The van der Waals surface area contributed by atoms with Gasteiger partial charge in [-0.3, -0.25) is 4.72 Å². The molecule has 5 heteroatoms. The minimum atomic E-state index is -3.24. The number of rotatable bonds is 7. The number of sulfonamides is 1. The van der Waals surface area contributed by atoms with Crippen molar-refractivity contribution in [3.63, 3.8) is 0 Å². The molecule has 4 nitrogen and oxygen atoms in total. The highest BCUT2D eigenvalue weighted by atomic mass is 32.2. The van der Waals surface area contributed by atoms with Gasteiger partial charge in [-0.2, -0.15) is 0 Å². The summed E-state index contributed by atoms with van der Waals surface area (Å²) >= 11 is 0. The summed E-state index contributed by atoms with van der Waals surface area (Å²) < 4.78 is 27.6. The normalized spacial score (nSPS) is 16.8. The van der Waals surface area contributed by atoms with Crippen LogP contribution in [0.2, 0.25) is 0 Å². The average Bonchev–Trinajstić information content (AvgIpc) is 2.48. The predicted molar refractivity (Wildman–Crippen MR) is 88.1 cm³/mol. The van der Waals surface area contributed by atoms with E-state index in [2.05, 4.69) is 10.0 Å². The first kappa shape index (κ1) is 16.3. The first-order chi connectivity index (χ1) is 10.1. The largest absolute Gasteiger partial charge is 0.320 e. The van der Waals surface area contributed by atoms with Gasteiger partial charge in [-0.05, 0) is 57.0 Å². The second-order valence-corrected chi connectivity index (χ2v) is 7.78.